The third-order valence-corrected chi connectivity index (χ3v) is 2.13. The second-order valence-corrected chi connectivity index (χ2v) is 3.10. The number of hydrogen-bond acceptors (Lipinski definition) is 4. The molecule has 1 aromatic rings. The predicted molar refractivity (Wildman–Crippen MR) is 49.9 cm³/mol. The standard InChI is InChI=1S/C10H5NO5/c12-5-3-1-2-4-6(5)7(10(15)16)8(13)9(14)11-4/h1-3,12H,(H,15,16). The van der Waals surface area contributed by atoms with Gasteiger partial charge in [-0.05, 0) is 12.1 Å². The Morgan fingerprint density at radius 1 is 1.25 bits per heavy atom. The molecule has 1 amide bonds. The van der Waals surface area contributed by atoms with Crippen LogP contribution in [0.1, 0.15) is 0 Å². The van der Waals surface area contributed by atoms with E-state index in [-0.39, 0.29) is 16.3 Å². The molecule has 0 radical (unpaired) electrons. The molecule has 1 heterocycles. The molecule has 0 saturated heterocycles. The van der Waals surface area contributed by atoms with Gasteiger partial charge in [0.25, 0.3) is 5.78 Å². The summed E-state index contributed by atoms with van der Waals surface area (Å²) in [5.74, 6) is -4.31. The number of amides is 1. The van der Waals surface area contributed by atoms with E-state index in [9.17, 15) is 19.5 Å². The summed E-state index contributed by atoms with van der Waals surface area (Å²) in [5.41, 5.74) is -0.742. The minimum absolute atomic E-state index is 0.0120. The number of benzene rings is 1. The number of carboxylic acid groups (broad SMARTS) is 1. The quantitative estimate of drug-likeness (QED) is 0.551. The van der Waals surface area contributed by atoms with Gasteiger partial charge in [0.05, 0.1) is 10.6 Å². The Morgan fingerprint density at radius 2 is 1.94 bits per heavy atom. The van der Waals surface area contributed by atoms with E-state index in [0.29, 0.717) is 0 Å². The number of nitrogens with zero attached hydrogens (tertiary/aromatic N) is 1. The number of phenols is 1. The summed E-state index contributed by atoms with van der Waals surface area (Å²) < 4.78 is 0. The molecule has 0 bridgehead atoms. The highest BCUT2D eigenvalue weighted by Crippen LogP contribution is 2.05. The van der Waals surface area contributed by atoms with Gasteiger partial charge in [-0.25, -0.2) is 9.79 Å². The van der Waals surface area contributed by atoms with Gasteiger partial charge in [-0.1, -0.05) is 6.07 Å². The highest BCUT2D eigenvalue weighted by molar-refractivity contribution is 6.61. The first-order valence-electron chi connectivity index (χ1n) is 4.25. The summed E-state index contributed by atoms with van der Waals surface area (Å²) in [6.07, 6.45) is 0. The van der Waals surface area contributed by atoms with E-state index in [4.69, 9.17) is 5.11 Å². The van der Waals surface area contributed by atoms with Crippen LogP contribution in [0.25, 0.3) is 5.57 Å². The van der Waals surface area contributed by atoms with Gasteiger partial charge >= 0.3 is 11.9 Å². The highest BCUT2D eigenvalue weighted by Gasteiger charge is 2.29. The van der Waals surface area contributed by atoms with Crippen LogP contribution in [0.4, 0.5) is 0 Å². The van der Waals surface area contributed by atoms with E-state index in [1.165, 1.54) is 18.2 Å². The Hall–Kier alpha value is -2.50. The van der Waals surface area contributed by atoms with Crippen molar-refractivity contribution in [1.29, 1.82) is 0 Å². The SMILES string of the molecule is O=C(O)C1=c2c(O)cccc2=NC(=O)C1=O. The van der Waals surface area contributed by atoms with Crippen molar-refractivity contribution >= 4 is 23.2 Å². The van der Waals surface area contributed by atoms with Crippen LogP contribution in [0.3, 0.4) is 0 Å². The highest BCUT2D eigenvalue weighted by atomic mass is 16.4. The van der Waals surface area contributed by atoms with Crippen LogP contribution in [0, 0.1) is 0 Å². The lowest BCUT2D eigenvalue weighted by molar-refractivity contribution is -0.136. The van der Waals surface area contributed by atoms with Crippen molar-refractivity contribution in [2.75, 3.05) is 0 Å². The average molecular weight is 219 g/mol. The van der Waals surface area contributed by atoms with Gasteiger partial charge in [0.2, 0.25) is 0 Å². The topological polar surface area (TPSA) is 104 Å². The third kappa shape index (κ3) is 1.28. The summed E-state index contributed by atoms with van der Waals surface area (Å²) in [4.78, 5) is 36.7. The second-order valence-electron chi connectivity index (χ2n) is 3.10. The summed E-state index contributed by atoms with van der Waals surface area (Å²) in [5, 5.41) is 18.1. The summed E-state index contributed by atoms with van der Waals surface area (Å²) >= 11 is 0. The van der Waals surface area contributed by atoms with E-state index in [1.54, 1.807) is 0 Å². The number of carboxylic acids is 1. The number of aromatic hydroxyl groups is 1. The molecular formula is C10H5NO5. The largest absolute Gasteiger partial charge is 0.507 e. The Balaban J connectivity index is 3.06. The third-order valence-electron chi connectivity index (χ3n) is 2.13. The minimum atomic E-state index is -1.56. The number of ketones is 1. The van der Waals surface area contributed by atoms with E-state index in [0.717, 1.165) is 0 Å². The number of fused-ring (bicyclic) bond motifs is 1. The van der Waals surface area contributed by atoms with Crippen molar-refractivity contribution in [3.63, 3.8) is 0 Å². The molecule has 2 rings (SSSR count). The number of rotatable bonds is 1. The van der Waals surface area contributed by atoms with E-state index >= 15 is 0 Å². The monoisotopic (exact) mass is 219 g/mol. The Bertz CT molecular complexity index is 644. The smallest absolute Gasteiger partial charge is 0.340 e. The summed E-state index contributed by atoms with van der Waals surface area (Å²) in [7, 11) is 0. The maximum atomic E-state index is 11.3. The molecule has 6 nitrogen and oxygen atoms in total. The molecule has 0 aliphatic carbocycles. The first-order valence-corrected chi connectivity index (χ1v) is 4.25. The average Bonchev–Trinajstić information content (AvgIpc) is 2.20. The van der Waals surface area contributed by atoms with Crippen molar-refractivity contribution in [1.82, 2.24) is 0 Å². The molecule has 0 aromatic heterocycles. The Labute approximate surface area is 88.2 Å². The van der Waals surface area contributed by atoms with Gasteiger partial charge < -0.3 is 10.2 Å². The maximum Gasteiger partial charge on any atom is 0.340 e. The molecule has 16 heavy (non-hydrogen) atoms. The lowest BCUT2D eigenvalue weighted by atomic mass is 10.0. The van der Waals surface area contributed by atoms with Crippen molar-refractivity contribution in [3.05, 3.63) is 28.8 Å². The predicted octanol–water partition coefficient (Wildman–Crippen LogP) is -1.64. The van der Waals surface area contributed by atoms with Crippen LogP contribution < -0.4 is 10.6 Å². The molecule has 1 aliphatic heterocycles. The van der Waals surface area contributed by atoms with Crippen molar-refractivity contribution in [2.45, 2.75) is 0 Å². The van der Waals surface area contributed by atoms with E-state index < -0.39 is 23.2 Å². The molecule has 2 N–H and O–H groups in total. The molecule has 6 heteroatoms. The van der Waals surface area contributed by atoms with Gasteiger partial charge in [0.1, 0.15) is 11.3 Å². The molecule has 0 atom stereocenters. The number of hydrogen-bond donors (Lipinski definition) is 2. The van der Waals surface area contributed by atoms with Crippen LogP contribution in [0.2, 0.25) is 0 Å². The van der Waals surface area contributed by atoms with Crippen LogP contribution in [0.15, 0.2) is 23.2 Å². The molecule has 80 valence electrons. The molecule has 1 aromatic carbocycles. The zero-order chi connectivity index (χ0) is 11.9. The Morgan fingerprint density at radius 3 is 2.56 bits per heavy atom. The van der Waals surface area contributed by atoms with Crippen molar-refractivity contribution in [3.8, 4) is 5.75 Å². The first-order chi connectivity index (χ1) is 7.52. The van der Waals surface area contributed by atoms with Gasteiger partial charge in [-0.2, -0.15) is 0 Å². The Kier molecular flexibility index (Phi) is 2.05. The van der Waals surface area contributed by atoms with Crippen molar-refractivity contribution < 1.29 is 24.6 Å². The lowest BCUT2D eigenvalue weighted by Crippen LogP contribution is -2.40. The first kappa shape index (κ1) is 10.0. The summed E-state index contributed by atoms with van der Waals surface area (Å²) in [6.45, 7) is 0. The summed E-state index contributed by atoms with van der Waals surface area (Å²) in [6, 6.07) is 3.98. The molecule has 1 aliphatic rings. The molecular weight excluding hydrogens is 214 g/mol. The minimum Gasteiger partial charge on any atom is -0.507 e. The number of aliphatic carboxylic acids is 1. The van der Waals surface area contributed by atoms with Crippen LogP contribution in [-0.4, -0.2) is 27.9 Å². The zero-order valence-electron chi connectivity index (χ0n) is 7.80. The molecule has 0 fully saturated rings. The van der Waals surface area contributed by atoms with Crippen LogP contribution in [-0.2, 0) is 14.4 Å². The number of carbonyl (C=O) groups excluding carboxylic acids is 2. The zero-order valence-corrected chi connectivity index (χ0v) is 7.80. The van der Waals surface area contributed by atoms with E-state index in [2.05, 4.69) is 4.99 Å². The normalized spacial score (nSPS) is 14.4. The van der Waals surface area contributed by atoms with Gasteiger partial charge in [-0.15, -0.1) is 0 Å². The van der Waals surface area contributed by atoms with E-state index in [1.807, 2.05) is 0 Å². The number of phenolic OH excluding ortho intramolecular Hbond substituents is 1. The second kappa shape index (κ2) is 3.27. The fourth-order valence-corrected chi connectivity index (χ4v) is 1.46. The van der Waals surface area contributed by atoms with Crippen molar-refractivity contribution in [2.24, 2.45) is 4.99 Å². The molecule has 0 spiro atoms. The number of Topliss-reactive ketones (excluding diaryl/α,β-unsaturated/α-hetero) is 1. The molecule has 0 unspecified atom stereocenters. The van der Waals surface area contributed by atoms with Gasteiger partial charge in [0.15, 0.2) is 0 Å². The fourth-order valence-electron chi connectivity index (χ4n) is 1.46. The van der Waals surface area contributed by atoms with Crippen LogP contribution in [0.5, 0.6) is 5.75 Å². The van der Waals surface area contributed by atoms with Gasteiger partial charge in [-0.3, -0.25) is 9.59 Å². The van der Waals surface area contributed by atoms with Crippen LogP contribution >= 0.6 is 0 Å². The number of carbonyl (C=O) groups is 3. The molecule has 0 saturated carbocycles. The fraction of sp³-hybridized carbons (Fsp3) is 0. The lowest BCUT2D eigenvalue weighted by Gasteiger charge is -2.05. The maximum absolute atomic E-state index is 11.3. The van der Waals surface area contributed by atoms with Gasteiger partial charge in [0, 0.05) is 0 Å².